The highest BCUT2D eigenvalue weighted by Gasteiger charge is 2.10. The van der Waals surface area contributed by atoms with Crippen LogP contribution in [0.4, 0.5) is 0 Å². The van der Waals surface area contributed by atoms with Gasteiger partial charge in [-0.15, -0.1) is 0 Å². The van der Waals surface area contributed by atoms with Crippen molar-refractivity contribution in [2.45, 2.75) is 67.0 Å². The van der Waals surface area contributed by atoms with E-state index >= 15 is 0 Å². The summed E-state index contributed by atoms with van der Waals surface area (Å²) >= 11 is 0. The maximum atomic E-state index is 4.55. The number of rotatable bonds is 11. The first-order valence-electron chi connectivity index (χ1n) is 10.1. The predicted molar refractivity (Wildman–Crippen MR) is 112 cm³/mol. The van der Waals surface area contributed by atoms with Gasteiger partial charge in [0.1, 0.15) is 0 Å². The molecular weight excluding hydrogens is 324 g/mol. The first-order valence-corrected chi connectivity index (χ1v) is 10.1. The highest BCUT2D eigenvalue weighted by molar-refractivity contribution is 5.79. The molecule has 0 bridgehead atoms. The summed E-state index contributed by atoms with van der Waals surface area (Å²) in [5, 5.41) is 11.5. The minimum atomic E-state index is 0.420. The second kappa shape index (κ2) is 11.9. The fourth-order valence-corrected chi connectivity index (χ4v) is 3.15. The number of nitrogens with zero attached hydrogens (tertiary/aromatic N) is 4. The van der Waals surface area contributed by atoms with Crippen molar-refractivity contribution in [3.05, 3.63) is 17.5 Å². The van der Waals surface area contributed by atoms with Crippen LogP contribution in [0.3, 0.4) is 0 Å². The van der Waals surface area contributed by atoms with E-state index in [0.717, 1.165) is 44.3 Å². The summed E-state index contributed by atoms with van der Waals surface area (Å²) in [5.41, 5.74) is 2.30. The Morgan fingerprint density at radius 1 is 1.27 bits per heavy atom. The number of hydrogen-bond donors (Lipinski definition) is 2. The van der Waals surface area contributed by atoms with Gasteiger partial charge < -0.3 is 15.5 Å². The highest BCUT2D eigenvalue weighted by Crippen LogP contribution is 2.06. The fraction of sp³-hybridized carbons (Fsp3) is 0.800. The van der Waals surface area contributed by atoms with Gasteiger partial charge in [0.2, 0.25) is 0 Å². The lowest BCUT2D eigenvalue weighted by molar-refractivity contribution is 0.292. The Hall–Kier alpha value is -1.56. The Bertz CT molecular complexity index is 532. The summed E-state index contributed by atoms with van der Waals surface area (Å²) < 4.78 is 2.09. The average Bonchev–Trinajstić information content (AvgIpc) is 2.92. The van der Waals surface area contributed by atoms with E-state index in [1.165, 1.54) is 18.7 Å². The lowest BCUT2D eigenvalue weighted by atomic mass is 10.1. The Morgan fingerprint density at radius 3 is 2.50 bits per heavy atom. The van der Waals surface area contributed by atoms with Crippen LogP contribution in [0.25, 0.3) is 0 Å². The molecule has 0 fully saturated rings. The van der Waals surface area contributed by atoms with E-state index in [9.17, 15) is 0 Å². The quantitative estimate of drug-likeness (QED) is 0.468. The number of nitrogens with one attached hydrogen (secondary N) is 2. The summed E-state index contributed by atoms with van der Waals surface area (Å²) in [4.78, 5) is 6.84. The summed E-state index contributed by atoms with van der Waals surface area (Å²) in [6, 6.07) is 2.55. The van der Waals surface area contributed by atoms with Crippen molar-refractivity contribution in [2.24, 2.45) is 10.9 Å². The topological polar surface area (TPSA) is 57.5 Å². The van der Waals surface area contributed by atoms with Crippen LogP contribution in [-0.4, -0.2) is 59.9 Å². The number of guanidine groups is 1. The minimum Gasteiger partial charge on any atom is -0.356 e. The van der Waals surface area contributed by atoms with E-state index in [2.05, 4.69) is 71.0 Å². The SMILES string of the molecule is CCN(CC)CCCC(C)NC(=NC)NCC(C)Cn1nc(C)cc1C. The fourth-order valence-electron chi connectivity index (χ4n) is 3.15. The Balaban J connectivity index is 2.32. The van der Waals surface area contributed by atoms with Gasteiger partial charge in [0.25, 0.3) is 0 Å². The lowest BCUT2D eigenvalue weighted by Crippen LogP contribution is -2.44. The van der Waals surface area contributed by atoms with Crippen LogP contribution >= 0.6 is 0 Å². The molecule has 1 aromatic rings. The van der Waals surface area contributed by atoms with E-state index in [0.29, 0.717) is 12.0 Å². The maximum absolute atomic E-state index is 4.55. The normalized spacial score (nSPS) is 14.5. The molecule has 0 aromatic carbocycles. The molecule has 0 saturated heterocycles. The molecule has 1 rings (SSSR count). The van der Waals surface area contributed by atoms with Gasteiger partial charge in [-0.1, -0.05) is 20.8 Å². The molecule has 0 aliphatic rings. The van der Waals surface area contributed by atoms with Crippen molar-refractivity contribution < 1.29 is 0 Å². The molecule has 0 saturated carbocycles. The van der Waals surface area contributed by atoms with Gasteiger partial charge in [-0.3, -0.25) is 9.67 Å². The molecule has 150 valence electrons. The molecule has 2 atom stereocenters. The lowest BCUT2D eigenvalue weighted by Gasteiger charge is -2.22. The van der Waals surface area contributed by atoms with Crippen LogP contribution in [0.15, 0.2) is 11.1 Å². The molecule has 6 heteroatoms. The zero-order valence-corrected chi connectivity index (χ0v) is 18.0. The smallest absolute Gasteiger partial charge is 0.191 e. The van der Waals surface area contributed by atoms with Crippen molar-refractivity contribution in [2.75, 3.05) is 33.2 Å². The number of aryl methyl sites for hydroxylation is 2. The number of aromatic nitrogens is 2. The third-order valence-corrected chi connectivity index (χ3v) is 4.82. The highest BCUT2D eigenvalue weighted by atomic mass is 15.3. The number of aliphatic imine (C=N–C) groups is 1. The summed E-state index contributed by atoms with van der Waals surface area (Å²) in [6.45, 7) is 18.3. The molecule has 0 aliphatic carbocycles. The Labute approximate surface area is 160 Å². The largest absolute Gasteiger partial charge is 0.356 e. The van der Waals surface area contributed by atoms with Crippen LogP contribution in [0.5, 0.6) is 0 Å². The Kier molecular flexibility index (Phi) is 10.3. The molecule has 1 heterocycles. The van der Waals surface area contributed by atoms with Crippen LogP contribution in [-0.2, 0) is 6.54 Å². The third kappa shape index (κ3) is 8.21. The average molecular weight is 365 g/mol. The van der Waals surface area contributed by atoms with E-state index < -0.39 is 0 Å². The predicted octanol–water partition coefficient (Wildman–Crippen LogP) is 2.81. The van der Waals surface area contributed by atoms with E-state index in [1.807, 2.05) is 14.0 Å². The molecular formula is C20H40N6. The van der Waals surface area contributed by atoms with Crippen LogP contribution in [0, 0.1) is 19.8 Å². The zero-order chi connectivity index (χ0) is 19.5. The Morgan fingerprint density at radius 2 is 1.96 bits per heavy atom. The molecule has 2 N–H and O–H groups in total. The van der Waals surface area contributed by atoms with Crippen molar-refractivity contribution >= 4 is 5.96 Å². The van der Waals surface area contributed by atoms with Gasteiger partial charge in [0.05, 0.1) is 5.69 Å². The van der Waals surface area contributed by atoms with Crippen molar-refractivity contribution in [1.82, 2.24) is 25.3 Å². The van der Waals surface area contributed by atoms with E-state index in [1.54, 1.807) is 0 Å². The van der Waals surface area contributed by atoms with Gasteiger partial charge in [-0.2, -0.15) is 5.10 Å². The summed E-state index contributed by atoms with van der Waals surface area (Å²) in [7, 11) is 1.84. The first-order chi connectivity index (χ1) is 12.4. The molecule has 0 radical (unpaired) electrons. The van der Waals surface area contributed by atoms with Crippen LogP contribution in [0.2, 0.25) is 0 Å². The molecule has 26 heavy (non-hydrogen) atoms. The number of hydrogen-bond acceptors (Lipinski definition) is 3. The van der Waals surface area contributed by atoms with Crippen LogP contribution < -0.4 is 10.6 Å². The van der Waals surface area contributed by atoms with Gasteiger partial charge >= 0.3 is 0 Å². The monoisotopic (exact) mass is 364 g/mol. The molecule has 2 unspecified atom stereocenters. The second-order valence-electron chi connectivity index (χ2n) is 7.38. The molecule has 0 aliphatic heterocycles. The summed E-state index contributed by atoms with van der Waals surface area (Å²) in [6.07, 6.45) is 2.36. The maximum Gasteiger partial charge on any atom is 0.191 e. The zero-order valence-electron chi connectivity index (χ0n) is 18.0. The molecule has 0 amide bonds. The first kappa shape index (κ1) is 22.5. The van der Waals surface area contributed by atoms with E-state index in [-0.39, 0.29) is 0 Å². The summed E-state index contributed by atoms with van der Waals surface area (Å²) in [5.74, 6) is 1.37. The third-order valence-electron chi connectivity index (χ3n) is 4.82. The molecule has 0 spiro atoms. The molecule has 6 nitrogen and oxygen atoms in total. The minimum absolute atomic E-state index is 0.420. The van der Waals surface area contributed by atoms with Crippen LogP contribution in [0.1, 0.15) is 51.9 Å². The van der Waals surface area contributed by atoms with Gasteiger partial charge in [0.15, 0.2) is 5.96 Å². The molecule has 1 aromatic heterocycles. The van der Waals surface area contributed by atoms with Crippen molar-refractivity contribution in [1.29, 1.82) is 0 Å². The van der Waals surface area contributed by atoms with E-state index in [4.69, 9.17) is 0 Å². The standard InChI is InChI=1S/C20H40N6/c1-8-25(9-2)12-10-11-17(4)23-20(21-7)22-14-16(3)15-26-19(6)13-18(5)24-26/h13,16-17H,8-12,14-15H2,1-7H3,(H2,21,22,23). The van der Waals surface area contributed by atoms with Gasteiger partial charge in [0, 0.05) is 31.9 Å². The van der Waals surface area contributed by atoms with Crippen molar-refractivity contribution in [3.63, 3.8) is 0 Å². The second-order valence-corrected chi connectivity index (χ2v) is 7.38. The van der Waals surface area contributed by atoms with Gasteiger partial charge in [-0.05, 0) is 65.2 Å². The van der Waals surface area contributed by atoms with Crippen molar-refractivity contribution in [3.8, 4) is 0 Å². The van der Waals surface area contributed by atoms with Gasteiger partial charge in [-0.25, -0.2) is 0 Å².